The Hall–Kier alpha value is -1.76. The number of hydrogen-bond donors (Lipinski definition) is 2. The summed E-state index contributed by atoms with van der Waals surface area (Å²) in [5, 5.41) is 0. The highest BCUT2D eigenvalue weighted by Crippen LogP contribution is 2.35. The van der Waals surface area contributed by atoms with Crippen LogP contribution in [-0.4, -0.2) is 25.0 Å². The predicted octanol–water partition coefficient (Wildman–Crippen LogP) is 1.34. The first-order chi connectivity index (χ1) is 8.79. The fourth-order valence-electron chi connectivity index (χ4n) is 2.20. The topological polar surface area (TPSA) is 72.4 Å². The van der Waals surface area contributed by atoms with Gasteiger partial charge in [-0.2, -0.15) is 13.2 Å². The van der Waals surface area contributed by atoms with E-state index in [1.54, 1.807) is 4.90 Å². The standard InChI is InChI=1S/C12H14F3N3O/c13-12(14,15)10-5-8(1-2-9(10)11(17)19)18-4-3-7(16)6-18/h1-2,5,7H,3-4,6,16H2,(H2,17,19). The molecule has 7 heteroatoms. The molecule has 1 aromatic rings. The third-order valence-electron chi connectivity index (χ3n) is 3.16. The zero-order valence-corrected chi connectivity index (χ0v) is 10.1. The second kappa shape index (κ2) is 4.73. The van der Waals surface area contributed by atoms with Crippen LogP contribution in [0.4, 0.5) is 18.9 Å². The molecular formula is C12H14F3N3O. The number of rotatable bonds is 2. The van der Waals surface area contributed by atoms with Crippen molar-refractivity contribution in [1.29, 1.82) is 0 Å². The molecule has 1 aliphatic rings. The van der Waals surface area contributed by atoms with Crippen LogP contribution in [0.5, 0.6) is 0 Å². The average molecular weight is 273 g/mol. The lowest BCUT2D eigenvalue weighted by atomic mass is 10.1. The zero-order valence-electron chi connectivity index (χ0n) is 10.1. The Labute approximate surface area is 108 Å². The van der Waals surface area contributed by atoms with Crippen molar-refractivity contribution in [1.82, 2.24) is 0 Å². The molecule has 4 N–H and O–H groups in total. The number of anilines is 1. The maximum absolute atomic E-state index is 12.9. The molecule has 1 unspecified atom stereocenters. The molecule has 1 saturated heterocycles. The predicted molar refractivity (Wildman–Crippen MR) is 64.8 cm³/mol. The molecule has 1 fully saturated rings. The van der Waals surface area contributed by atoms with E-state index in [1.807, 2.05) is 0 Å². The summed E-state index contributed by atoms with van der Waals surface area (Å²) in [6.07, 6.45) is -3.87. The lowest BCUT2D eigenvalue weighted by Gasteiger charge is -2.20. The Kier molecular flexibility index (Phi) is 3.40. The fraction of sp³-hybridized carbons (Fsp3) is 0.417. The van der Waals surface area contributed by atoms with Crippen LogP contribution in [0.25, 0.3) is 0 Å². The normalized spacial score (nSPS) is 19.8. The van der Waals surface area contributed by atoms with Crippen LogP contribution in [-0.2, 0) is 6.18 Å². The van der Waals surface area contributed by atoms with Crippen molar-refractivity contribution in [2.45, 2.75) is 18.6 Å². The summed E-state index contributed by atoms with van der Waals surface area (Å²) in [6.45, 7) is 1.11. The number of alkyl halides is 3. The Morgan fingerprint density at radius 3 is 2.53 bits per heavy atom. The van der Waals surface area contributed by atoms with Gasteiger partial charge in [0.15, 0.2) is 0 Å². The highest BCUT2D eigenvalue weighted by molar-refractivity contribution is 5.95. The van der Waals surface area contributed by atoms with E-state index in [-0.39, 0.29) is 6.04 Å². The van der Waals surface area contributed by atoms with E-state index >= 15 is 0 Å². The number of nitrogens with zero attached hydrogens (tertiary/aromatic N) is 1. The number of amides is 1. The summed E-state index contributed by atoms with van der Waals surface area (Å²) < 4.78 is 38.7. The van der Waals surface area contributed by atoms with E-state index in [1.165, 1.54) is 6.07 Å². The van der Waals surface area contributed by atoms with Crippen LogP contribution in [0.15, 0.2) is 18.2 Å². The van der Waals surface area contributed by atoms with Crippen molar-refractivity contribution in [2.24, 2.45) is 11.5 Å². The fourth-order valence-corrected chi connectivity index (χ4v) is 2.20. The molecule has 0 bridgehead atoms. The summed E-state index contributed by atoms with van der Waals surface area (Å²) in [7, 11) is 0. The Morgan fingerprint density at radius 2 is 2.05 bits per heavy atom. The molecule has 2 rings (SSSR count). The molecule has 104 valence electrons. The second-order valence-corrected chi connectivity index (χ2v) is 4.59. The van der Waals surface area contributed by atoms with E-state index in [2.05, 4.69) is 0 Å². The maximum atomic E-state index is 12.9. The highest BCUT2D eigenvalue weighted by atomic mass is 19.4. The Bertz CT molecular complexity index is 501. The molecular weight excluding hydrogens is 259 g/mol. The number of primary amides is 1. The van der Waals surface area contributed by atoms with Crippen molar-refractivity contribution < 1.29 is 18.0 Å². The first-order valence-corrected chi connectivity index (χ1v) is 5.80. The molecule has 0 spiro atoms. The maximum Gasteiger partial charge on any atom is 0.417 e. The van der Waals surface area contributed by atoms with E-state index in [0.29, 0.717) is 18.8 Å². The highest BCUT2D eigenvalue weighted by Gasteiger charge is 2.35. The number of carbonyl (C=O) groups excluding carboxylic acids is 1. The number of carbonyl (C=O) groups is 1. The number of halogens is 3. The molecule has 0 saturated carbocycles. The summed E-state index contributed by atoms with van der Waals surface area (Å²) in [4.78, 5) is 12.8. The van der Waals surface area contributed by atoms with Gasteiger partial charge in [-0.05, 0) is 24.6 Å². The van der Waals surface area contributed by atoms with Crippen molar-refractivity contribution in [3.05, 3.63) is 29.3 Å². The molecule has 4 nitrogen and oxygen atoms in total. The van der Waals surface area contributed by atoms with E-state index in [4.69, 9.17) is 11.5 Å². The first kappa shape index (κ1) is 13.7. The van der Waals surface area contributed by atoms with Gasteiger partial charge in [-0.15, -0.1) is 0 Å². The molecule has 19 heavy (non-hydrogen) atoms. The largest absolute Gasteiger partial charge is 0.417 e. The molecule has 1 heterocycles. The van der Waals surface area contributed by atoms with Crippen LogP contribution in [0.1, 0.15) is 22.3 Å². The Morgan fingerprint density at radius 1 is 1.37 bits per heavy atom. The Balaban J connectivity index is 2.41. The smallest absolute Gasteiger partial charge is 0.370 e. The van der Waals surface area contributed by atoms with Crippen LogP contribution < -0.4 is 16.4 Å². The summed E-state index contributed by atoms with van der Waals surface area (Å²) >= 11 is 0. The molecule has 0 aliphatic carbocycles. The van der Waals surface area contributed by atoms with E-state index in [9.17, 15) is 18.0 Å². The SMILES string of the molecule is NC(=O)c1ccc(N2CCC(N)C2)cc1C(F)(F)F. The van der Waals surface area contributed by atoms with Crippen molar-refractivity contribution in [2.75, 3.05) is 18.0 Å². The van der Waals surface area contributed by atoms with Gasteiger partial charge in [0.1, 0.15) is 0 Å². The average Bonchev–Trinajstić information content (AvgIpc) is 2.74. The van der Waals surface area contributed by atoms with Crippen LogP contribution in [0, 0.1) is 0 Å². The zero-order chi connectivity index (χ0) is 14.2. The molecule has 0 aromatic heterocycles. The third-order valence-corrected chi connectivity index (χ3v) is 3.16. The van der Waals surface area contributed by atoms with Gasteiger partial charge in [0.2, 0.25) is 5.91 Å². The van der Waals surface area contributed by atoms with Crippen molar-refractivity contribution >= 4 is 11.6 Å². The van der Waals surface area contributed by atoms with Crippen LogP contribution >= 0.6 is 0 Å². The minimum Gasteiger partial charge on any atom is -0.370 e. The van der Waals surface area contributed by atoms with Gasteiger partial charge in [0.05, 0.1) is 11.1 Å². The van der Waals surface area contributed by atoms with E-state index in [0.717, 1.165) is 18.6 Å². The van der Waals surface area contributed by atoms with Crippen molar-refractivity contribution in [3.8, 4) is 0 Å². The minimum atomic E-state index is -4.61. The van der Waals surface area contributed by atoms with Gasteiger partial charge in [-0.25, -0.2) is 0 Å². The van der Waals surface area contributed by atoms with Gasteiger partial charge in [0, 0.05) is 24.8 Å². The van der Waals surface area contributed by atoms with Crippen molar-refractivity contribution in [3.63, 3.8) is 0 Å². The lowest BCUT2D eigenvalue weighted by molar-refractivity contribution is -0.137. The summed E-state index contributed by atoms with van der Waals surface area (Å²) in [6, 6.07) is 3.50. The van der Waals surface area contributed by atoms with Crippen LogP contribution in [0.2, 0.25) is 0 Å². The van der Waals surface area contributed by atoms with E-state index < -0.39 is 23.2 Å². The quantitative estimate of drug-likeness (QED) is 0.854. The number of benzene rings is 1. The first-order valence-electron chi connectivity index (χ1n) is 5.80. The van der Waals surface area contributed by atoms with Gasteiger partial charge >= 0.3 is 6.18 Å². The minimum absolute atomic E-state index is 0.0369. The number of hydrogen-bond acceptors (Lipinski definition) is 3. The molecule has 1 atom stereocenters. The van der Waals surface area contributed by atoms with Gasteiger partial charge in [0.25, 0.3) is 0 Å². The lowest BCUT2D eigenvalue weighted by Crippen LogP contribution is -2.27. The molecule has 1 aliphatic heterocycles. The van der Waals surface area contributed by atoms with Crippen LogP contribution in [0.3, 0.4) is 0 Å². The summed E-state index contributed by atoms with van der Waals surface area (Å²) in [5.41, 5.74) is 9.58. The molecule has 0 radical (unpaired) electrons. The van der Waals surface area contributed by atoms with Gasteiger partial charge < -0.3 is 16.4 Å². The van der Waals surface area contributed by atoms with Gasteiger partial charge in [-0.3, -0.25) is 4.79 Å². The van der Waals surface area contributed by atoms with Gasteiger partial charge in [-0.1, -0.05) is 0 Å². The summed E-state index contributed by atoms with van der Waals surface area (Å²) in [5.74, 6) is -1.09. The molecule has 1 amide bonds. The monoisotopic (exact) mass is 273 g/mol. The number of nitrogens with two attached hydrogens (primary N) is 2. The third kappa shape index (κ3) is 2.81. The molecule has 1 aromatic carbocycles. The second-order valence-electron chi connectivity index (χ2n) is 4.59.